The highest BCUT2D eigenvalue weighted by Crippen LogP contribution is 2.15. The molecule has 1 amide bonds. The first-order valence-electron chi connectivity index (χ1n) is 5.54. The van der Waals surface area contributed by atoms with Crippen molar-refractivity contribution in [3.8, 4) is 0 Å². The third-order valence-corrected chi connectivity index (χ3v) is 2.45. The van der Waals surface area contributed by atoms with Crippen molar-refractivity contribution < 1.29 is 18.7 Å². The molecule has 1 aromatic rings. The molecule has 0 aliphatic carbocycles. The normalized spacial score (nSPS) is 10.2. The molecule has 0 saturated heterocycles. The molecular weight excluding hydrogens is 236 g/mol. The molecule has 0 bridgehead atoms. The van der Waals surface area contributed by atoms with E-state index in [1.54, 1.807) is 27.1 Å². The molecule has 100 valence electrons. The fourth-order valence-corrected chi connectivity index (χ4v) is 1.39. The largest absolute Gasteiger partial charge is 0.465 e. The predicted octanol–water partition coefficient (Wildman–Crippen LogP) is 0.552. The van der Waals surface area contributed by atoms with Gasteiger partial charge in [-0.1, -0.05) is 0 Å². The standard InChI is InChI=1S/C12H18N2O4/c1-8-10(12(16)17-4)5-9(18-8)6-13-7-11(15)14(2)3/h5,13H,6-7H2,1-4H3. The second-order valence-corrected chi connectivity index (χ2v) is 4.07. The van der Waals surface area contributed by atoms with Crippen molar-refractivity contribution >= 4 is 11.9 Å². The zero-order valence-corrected chi connectivity index (χ0v) is 11.1. The summed E-state index contributed by atoms with van der Waals surface area (Å²) in [4.78, 5) is 24.2. The van der Waals surface area contributed by atoms with E-state index in [4.69, 9.17) is 4.42 Å². The summed E-state index contributed by atoms with van der Waals surface area (Å²) in [6.07, 6.45) is 0. The molecule has 6 nitrogen and oxygen atoms in total. The van der Waals surface area contributed by atoms with Gasteiger partial charge in [-0.15, -0.1) is 0 Å². The van der Waals surface area contributed by atoms with Gasteiger partial charge in [0, 0.05) is 14.1 Å². The molecule has 0 fully saturated rings. The summed E-state index contributed by atoms with van der Waals surface area (Å²) in [5.74, 6) is 0.662. The monoisotopic (exact) mass is 254 g/mol. The van der Waals surface area contributed by atoms with Crippen LogP contribution in [0.3, 0.4) is 0 Å². The average Bonchev–Trinajstić information content (AvgIpc) is 2.69. The summed E-state index contributed by atoms with van der Waals surface area (Å²) < 4.78 is 10.0. The number of ether oxygens (including phenoxy) is 1. The number of carbonyl (C=O) groups excluding carboxylic acids is 2. The van der Waals surface area contributed by atoms with Crippen molar-refractivity contribution in [1.29, 1.82) is 0 Å². The molecule has 0 aromatic carbocycles. The highest BCUT2D eigenvalue weighted by molar-refractivity contribution is 5.90. The third-order valence-electron chi connectivity index (χ3n) is 2.45. The van der Waals surface area contributed by atoms with Crippen molar-refractivity contribution in [2.45, 2.75) is 13.5 Å². The molecular formula is C12H18N2O4. The van der Waals surface area contributed by atoms with Gasteiger partial charge in [-0.05, 0) is 13.0 Å². The molecule has 1 aromatic heterocycles. The maximum atomic E-state index is 11.4. The van der Waals surface area contributed by atoms with Crippen molar-refractivity contribution in [3.63, 3.8) is 0 Å². The highest BCUT2D eigenvalue weighted by Gasteiger charge is 2.15. The number of esters is 1. The lowest BCUT2D eigenvalue weighted by Gasteiger charge is -2.09. The topological polar surface area (TPSA) is 71.8 Å². The second-order valence-electron chi connectivity index (χ2n) is 4.07. The number of rotatable bonds is 5. The van der Waals surface area contributed by atoms with Gasteiger partial charge in [0.25, 0.3) is 0 Å². The van der Waals surface area contributed by atoms with E-state index >= 15 is 0 Å². The summed E-state index contributed by atoms with van der Waals surface area (Å²) in [7, 11) is 4.70. The van der Waals surface area contributed by atoms with Crippen LogP contribution in [0.1, 0.15) is 21.9 Å². The number of furan rings is 1. The fraction of sp³-hybridized carbons (Fsp3) is 0.500. The van der Waals surface area contributed by atoms with Gasteiger partial charge in [0.05, 0.1) is 20.2 Å². The van der Waals surface area contributed by atoms with Crippen LogP contribution in [0.2, 0.25) is 0 Å². The van der Waals surface area contributed by atoms with E-state index in [9.17, 15) is 9.59 Å². The van der Waals surface area contributed by atoms with Gasteiger partial charge < -0.3 is 19.4 Å². The van der Waals surface area contributed by atoms with Crippen LogP contribution in [0.25, 0.3) is 0 Å². The van der Waals surface area contributed by atoms with E-state index in [0.29, 0.717) is 23.6 Å². The van der Waals surface area contributed by atoms with Crippen LogP contribution in [-0.2, 0) is 16.1 Å². The molecule has 0 aliphatic heterocycles. The molecule has 1 N–H and O–H groups in total. The Morgan fingerprint density at radius 2 is 2.11 bits per heavy atom. The average molecular weight is 254 g/mol. The lowest BCUT2D eigenvalue weighted by Crippen LogP contribution is -2.32. The first kappa shape index (κ1) is 14.2. The van der Waals surface area contributed by atoms with Crippen molar-refractivity contribution in [3.05, 3.63) is 23.2 Å². The fourth-order valence-electron chi connectivity index (χ4n) is 1.39. The van der Waals surface area contributed by atoms with Crippen LogP contribution in [0.15, 0.2) is 10.5 Å². The smallest absolute Gasteiger partial charge is 0.341 e. The van der Waals surface area contributed by atoms with Gasteiger partial charge in [0.1, 0.15) is 17.1 Å². The van der Waals surface area contributed by atoms with Crippen LogP contribution in [0.4, 0.5) is 0 Å². The number of nitrogens with one attached hydrogen (secondary N) is 1. The first-order valence-corrected chi connectivity index (χ1v) is 5.54. The number of hydrogen-bond donors (Lipinski definition) is 1. The molecule has 1 heterocycles. The Kier molecular flexibility index (Phi) is 4.91. The Hall–Kier alpha value is -1.82. The van der Waals surface area contributed by atoms with E-state index in [1.807, 2.05) is 0 Å². The second kappa shape index (κ2) is 6.20. The quantitative estimate of drug-likeness (QED) is 0.777. The van der Waals surface area contributed by atoms with Gasteiger partial charge in [-0.3, -0.25) is 4.79 Å². The number of hydrogen-bond acceptors (Lipinski definition) is 5. The van der Waals surface area contributed by atoms with Crippen LogP contribution in [0.5, 0.6) is 0 Å². The SMILES string of the molecule is COC(=O)c1cc(CNCC(=O)N(C)C)oc1C. The molecule has 0 aliphatic rings. The number of methoxy groups -OCH3 is 1. The van der Waals surface area contributed by atoms with Crippen LogP contribution < -0.4 is 5.32 Å². The molecule has 6 heteroatoms. The minimum absolute atomic E-state index is 0.0218. The summed E-state index contributed by atoms with van der Waals surface area (Å²) >= 11 is 0. The van der Waals surface area contributed by atoms with Gasteiger partial charge in [-0.2, -0.15) is 0 Å². The number of amides is 1. The summed E-state index contributed by atoms with van der Waals surface area (Å²) in [5.41, 5.74) is 0.410. The number of aryl methyl sites for hydroxylation is 1. The van der Waals surface area contributed by atoms with Gasteiger partial charge in [0.15, 0.2) is 0 Å². The summed E-state index contributed by atoms with van der Waals surface area (Å²) in [6.45, 7) is 2.30. The van der Waals surface area contributed by atoms with Crippen molar-refractivity contribution in [1.82, 2.24) is 10.2 Å². The molecule has 0 atom stereocenters. The molecule has 0 radical (unpaired) electrons. The van der Waals surface area contributed by atoms with Crippen LogP contribution in [0, 0.1) is 6.92 Å². The van der Waals surface area contributed by atoms with E-state index in [-0.39, 0.29) is 12.5 Å². The van der Waals surface area contributed by atoms with Gasteiger partial charge in [-0.25, -0.2) is 4.79 Å². The summed E-state index contributed by atoms with van der Waals surface area (Å²) in [5, 5.41) is 2.94. The van der Waals surface area contributed by atoms with Crippen molar-refractivity contribution in [2.24, 2.45) is 0 Å². The van der Waals surface area contributed by atoms with E-state index in [0.717, 1.165) is 0 Å². The molecule has 0 spiro atoms. The molecule has 0 unspecified atom stereocenters. The Bertz CT molecular complexity index is 437. The zero-order valence-electron chi connectivity index (χ0n) is 11.1. The third kappa shape index (κ3) is 3.59. The Labute approximate surface area is 106 Å². The molecule has 18 heavy (non-hydrogen) atoms. The maximum Gasteiger partial charge on any atom is 0.341 e. The van der Waals surface area contributed by atoms with Gasteiger partial charge >= 0.3 is 5.97 Å². The minimum Gasteiger partial charge on any atom is -0.465 e. The number of nitrogens with zero attached hydrogens (tertiary/aromatic N) is 1. The molecule has 1 rings (SSSR count). The van der Waals surface area contributed by atoms with E-state index in [2.05, 4.69) is 10.1 Å². The Morgan fingerprint density at radius 1 is 1.44 bits per heavy atom. The van der Waals surface area contributed by atoms with E-state index in [1.165, 1.54) is 12.0 Å². The van der Waals surface area contributed by atoms with Gasteiger partial charge in [0.2, 0.25) is 5.91 Å². The minimum atomic E-state index is -0.424. The highest BCUT2D eigenvalue weighted by atomic mass is 16.5. The molecule has 0 saturated carbocycles. The predicted molar refractivity (Wildman–Crippen MR) is 65.2 cm³/mol. The van der Waals surface area contributed by atoms with Crippen molar-refractivity contribution in [2.75, 3.05) is 27.7 Å². The van der Waals surface area contributed by atoms with Crippen LogP contribution in [-0.4, -0.2) is 44.5 Å². The maximum absolute atomic E-state index is 11.4. The number of carbonyl (C=O) groups is 2. The Morgan fingerprint density at radius 3 is 2.67 bits per heavy atom. The first-order chi connectivity index (χ1) is 8.45. The lowest BCUT2D eigenvalue weighted by atomic mass is 10.2. The zero-order chi connectivity index (χ0) is 13.7. The van der Waals surface area contributed by atoms with Crippen LogP contribution >= 0.6 is 0 Å². The lowest BCUT2D eigenvalue weighted by molar-refractivity contribution is -0.127. The Balaban J connectivity index is 2.54. The summed E-state index contributed by atoms with van der Waals surface area (Å²) in [6, 6.07) is 1.62. The van der Waals surface area contributed by atoms with E-state index < -0.39 is 5.97 Å². The number of likely N-dealkylation sites (N-methyl/N-ethyl adjacent to an activating group) is 1.